The Labute approximate surface area is 200 Å². The van der Waals surface area contributed by atoms with Crippen LogP contribution in [-0.4, -0.2) is 28.6 Å². The van der Waals surface area contributed by atoms with Crippen LogP contribution in [0.3, 0.4) is 0 Å². The molecule has 0 aliphatic carbocycles. The second kappa shape index (κ2) is 8.87. The zero-order valence-corrected chi connectivity index (χ0v) is 19.3. The molecule has 8 heteroatoms. The number of benzene rings is 3. The highest BCUT2D eigenvalue weighted by molar-refractivity contribution is 6.19. The predicted molar refractivity (Wildman–Crippen MR) is 133 cm³/mol. The van der Waals surface area contributed by atoms with Crippen molar-refractivity contribution in [1.29, 1.82) is 0 Å². The van der Waals surface area contributed by atoms with E-state index in [1.54, 1.807) is 18.2 Å². The van der Waals surface area contributed by atoms with E-state index in [9.17, 15) is 13.6 Å². The van der Waals surface area contributed by atoms with Crippen LogP contribution in [0.2, 0.25) is 0 Å². The molecule has 3 aromatic carbocycles. The molecule has 1 amide bonds. The second-order valence-corrected chi connectivity index (χ2v) is 8.56. The van der Waals surface area contributed by atoms with Crippen molar-refractivity contribution in [2.45, 2.75) is 26.8 Å². The first-order valence-electron chi connectivity index (χ1n) is 11.2. The summed E-state index contributed by atoms with van der Waals surface area (Å²) >= 11 is 0. The molecule has 0 spiro atoms. The van der Waals surface area contributed by atoms with E-state index in [4.69, 9.17) is 10.3 Å². The van der Waals surface area contributed by atoms with Gasteiger partial charge in [-0.1, -0.05) is 35.5 Å². The number of hydrogen-bond donors (Lipinski definition) is 2. The first-order chi connectivity index (χ1) is 16.8. The molecule has 0 atom stereocenters. The Morgan fingerprint density at radius 2 is 1.86 bits per heavy atom. The first-order valence-corrected chi connectivity index (χ1v) is 11.2. The van der Waals surface area contributed by atoms with Gasteiger partial charge >= 0.3 is 0 Å². The third-order valence-electron chi connectivity index (χ3n) is 6.20. The number of aryl methyl sites for hydroxylation is 2. The summed E-state index contributed by atoms with van der Waals surface area (Å²) < 4.78 is 33.1. The van der Waals surface area contributed by atoms with Gasteiger partial charge in [0.25, 0.3) is 6.43 Å². The van der Waals surface area contributed by atoms with Crippen LogP contribution in [0.1, 0.15) is 27.4 Å². The van der Waals surface area contributed by atoms with Crippen molar-refractivity contribution in [1.82, 2.24) is 9.72 Å². The molecule has 0 aliphatic heterocycles. The number of rotatable bonds is 7. The van der Waals surface area contributed by atoms with Gasteiger partial charge in [0.2, 0.25) is 5.91 Å². The molecule has 5 rings (SSSR count). The zero-order chi connectivity index (χ0) is 24.7. The average molecular weight is 475 g/mol. The first kappa shape index (κ1) is 22.6. The van der Waals surface area contributed by atoms with Gasteiger partial charge in [0.05, 0.1) is 17.8 Å². The summed E-state index contributed by atoms with van der Waals surface area (Å²) in [6.07, 6.45) is -2.48. The maximum Gasteiger partial charge on any atom is 0.255 e. The molecule has 6 nitrogen and oxygen atoms in total. The third kappa shape index (κ3) is 4.12. The quantitative estimate of drug-likeness (QED) is 0.308. The number of carbonyl (C=O) groups is 1. The Morgan fingerprint density at radius 1 is 1.09 bits per heavy atom. The van der Waals surface area contributed by atoms with Gasteiger partial charge < -0.3 is 20.1 Å². The van der Waals surface area contributed by atoms with Crippen LogP contribution in [0.4, 0.5) is 14.5 Å². The average Bonchev–Trinajstić information content (AvgIpc) is 3.33. The molecule has 0 saturated carbocycles. The van der Waals surface area contributed by atoms with Crippen LogP contribution in [0.25, 0.3) is 32.9 Å². The standard InChI is InChI=1S/C27H24F2N4O2/c1-15-25(16(2)35-32-15)18-10-21(27(30)34)26-20-12-19(31-13-24(28)29)8-9-22(20)33(23(26)11-18)14-17-6-4-3-5-7-17/h3-12,24,31H,13-14H2,1-2H3,(H2,30,34). The number of amides is 1. The molecule has 3 N–H and O–H groups in total. The van der Waals surface area contributed by atoms with E-state index < -0.39 is 18.9 Å². The monoisotopic (exact) mass is 474 g/mol. The Morgan fingerprint density at radius 3 is 2.51 bits per heavy atom. The van der Waals surface area contributed by atoms with E-state index in [0.717, 1.165) is 33.1 Å². The maximum atomic E-state index is 12.8. The molecule has 0 fully saturated rings. The van der Waals surface area contributed by atoms with Gasteiger partial charge in [0, 0.05) is 39.6 Å². The van der Waals surface area contributed by atoms with Gasteiger partial charge in [0.1, 0.15) is 5.76 Å². The largest absolute Gasteiger partial charge is 0.379 e. The van der Waals surface area contributed by atoms with Gasteiger partial charge in [-0.15, -0.1) is 0 Å². The maximum absolute atomic E-state index is 12.8. The minimum atomic E-state index is -2.48. The highest BCUT2D eigenvalue weighted by atomic mass is 19.3. The minimum absolute atomic E-state index is 0.348. The van der Waals surface area contributed by atoms with E-state index in [0.29, 0.717) is 34.6 Å². The summed E-state index contributed by atoms with van der Waals surface area (Å²) in [6.45, 7) is 3.76. The van der Waals surface area contributed by atoms with Crippen molar-refractivity contribution < 1.29 is 18.1 Å². The lowest BCUT2D eigenvalue weighted by atomic mass is 9.97. The number of halogens is 2. The van der Waals surface area contributed by atoms with E-state index in [1.807, 2.05) is 56.3 Å². The topological polar surface area (TPSA) is 86.1 Å². The number of carbonyl (C=O) groups excluding carboxylic acids is 1. The summed E-state index contributed by atoms with van der Waals surface area (Å²) in [5, 5.41) is 8.26. The lowest BCUT2D eigenvalue weighted by molar-refractivity contribution is 0.100. The summed E-state index contributed by atoms with van der Waals surface area (Å²) in [7, 11) is 0. The number of aromatic nitrogens is 2. The van der Waals surface area contributed by atoms with Gasteiger partial charge in [-0.2, -0.15) is 0 Å². The molecule has 2 aromatic heterocycles. The van der Waals surface area contributed by atoms with Crippen LogP contribution >= 0.6 is 0 Å². The molecular formula is C27H24F2N4O2. The van der Waals surface area contributed by atoms with Crippen molar-refractivity contribution in [2.75, 3.05) is 11.9 Å². The summed E-state index contributed by atoms with van der Waals surface area (Å²) in [5.41, 5.74) is 11.8. The van der Waals surface area contributed by atoms with Crippen LogP contribution in [-0.2, 0) is 6.54 Å². The fourth-order valence-corrected chi connectivity index (χ4v) is 4.70. The number of fused-ring (bicyclic) bond motifs is 3. The van der Waals surface area contributed by atoms with E-state index in [1.165, 1.54) is 0 Å². The highest BCUT2D eigenvalue weighted by Gasteiger charge is 2.21. The van der Waals surface area contributed by atoms with Crippen molar-refractivity contribution in [2.24, 2.45) is 5.73 Å². The summed E-state index contributed by atoms with van der Waals surface area (Å²) in [5.74, 6) is 0.0646. The van der Waals surface area contributed by atoms with Gasteiger partial charge in [-0.05, 0) is 55.3 Å². The molecule has 0 radical (unpaired) electrons. The smallest absolute Gasteiger partial charge is 0.255 e. The van der Waals surface area contributed by atoms with Gasteiger partial charge in [-0.3, -0.25) is 4.79 Å². The fraction of sp³-hybridized carbons (Fsp3) is 0.185. The molecule has 5 aromatic rings. The molecule has 0 aliphatic rings. The summed E-state index contributed by atoms with van der Waals surface area (Å²) in [6, 6.07) is 19.2. The number of nitrogens with zero attached hydrogens (tertiary/aromatic N) is 2. The Hall–Kier alpha value is -4.20. The van der Waals surface area contributed by atoms with Crippen molar-refractivity contribution in [3.8, 4) is 11.1 Å². The number of hydrogen-bond acceptors (Lipinski definition) is 4. The van der Waals surface area contributed by atoms with Crippen molar-refractivity contribution in [3.05, 3.63) is 83.2 Å². The minimum Gasteiger partial charge on any atom is -0.379 e. The van der Waals surface area contributed by atoms with Crippen LogP contribution in [0, 0.1) is 13.8 Å². The normalized spacial score (nSPS) is 11.6. The zero-order valence-electron chi connectivity index (χ0n) is 19.3. The Balaban J connectivity index is 1.82. The lowest BCUT2D eigenvalue weighted by Crippen LogP contribution is -2.12. The number of alkyl halides is 2. The number of nitrogens with two attached hydrogens (primary N) is 1. The highest BCUT2D eigenvalue weighted by Crippen LogP contribution is 2.38. The number of primary amides is 1. The van der Waals surface area contributed by atoms with Crippen molar-refractivity contribution in [3.63, 3.8) is 0 Å². The predicted octanol–water partition coefficient (Wildman–Crippen LogP) is 5.89. The number of nitrogens with one attached hydrogen (secondary N) is 1. The van der Waals surface area contributed by atoms with E-state index >= 15 is 0 Å². The Bertz CT molecular complexity index is 1540. The molecular weight excluding hydrogens is 450 g/mol. The molecule has 2 heterocycles. The SMILES string of the molecule is Cc1noc(C)c1-c1cc(C(N)=O)c2c3cc(NCC(F)F)ccc3n(Cc3ccccc3)c2c1. The van der Waals surface area contributed by atoms with Crippen molar-refractivity contribution >= 4 is 33.4 Å². The Kier molecular flexibility index (Phi) is 5.72. The molecule has 0 saturated heterocycles. The fourth-order valence-electron chi connectivity index (χ4n) is 4.70. The van der Waals surface area contributed by atoms with Crippen LogP contribution in [0.15, 0.2) is 65.2 Å². The van der Waals surface area contributed by atoms with Crippen LogP contribution in [0.5, 0.6) is 0 Å². The molecule has 178 valence electrons. The molecule has 0 unspecified atom stereocenters. The molecule has 0 bridgehead atoms. The number of anilines is 1. The van der Waals surface area contributed by atoms with Crippen LogP contribution < -0.4 is 11.1 Å². The van der Waals surface area contributed by atoms with E-state index in [2.05, 4.69) is 15.0 Å². The molecule has 35 heavy (non-hydrogen) atoms. The summed E-state index contributed by atoms with van der Waals surface area (Å²) in [4.78, 5) is 12.7. The third-order valence-corrected chi connectivity index (χ3v) is 6.20. The van der Waals surface area contributed by atoms with E-state index in [-0.39, 0.29) is 0 Å². The lowest BCUT2D eigenvalue weighted by Gasteiger charge is -2.10. The van der Waals surface area contributed by atoms with Gasteiger partial charge in [-0.25, -0.2) is 8.78 Å². The van der Waals surface area contributed by atoms with Gasteiger partial charge in [0.15, 0.2) is 0 Å². The second-order valence-electron chi connectivity index (χ2n) is 8.56.